The third-order valence-corrected chi connectivity index (χ3v) is 11.2. The number of nitrogens with zero attached hydrogens (tertiary/aromatic N) is 1. The lowest BCUT2D eigenvalue weighted by atomic mass is 9.63. The first-order valence-electron chi connectivity index (χ1n) is 17.0. The molecule has 4 N–H and O–H groups in total. The van der Waals surface area contributed by atoms with Crippen molar-refractivity contribution in [2.75, 3.05) is 13.1 Å². The van der Waals surface area contributed by atoms with Crippen LogP contribution in [0.4, 0.5) is 4.39 Å². The van der Waals surface area contributed by atoms with Gasteiger partial charge < -0.3 is 21.3 Å². The Morgan fingerprint density at radius 3 is 2.20 bits per heavy atom. The van der Waals surface area contributed by atoms with Gasteiger partial charge in [0.05, 0.1) is 11.3 Å². The number of amides is 3. The van der Waals surface area contributed by atoms with Crippen LogP contribution in [0.3, 0.4) is 0 Å². The molecule has 0 spiro atoms. The van der Waals surface area contributed by atoms with E-state index in [1.165, 1.54) is 29.7 Å². The van der Waals surface area contributed by atoms with Gasteiger partial charge in [-0.3, -0.25) is 14.4 Å². The van der Waals surface area contributed by atoms with Gasteiger partial charge in [0.2, 0.25) is 17.7 Å². The fourth-order valence-corrected chi connectivity index (χ4v) is 8.91. The summed E-state index contributed by atoms with van der Waals surface area (Å²) in [5.41, 5.74) is 9.05. The first kappa shape index (κ1) is 31.7. The first-order chi connectivity index (χ1) is 21.5. The maximum Gasteiger partial charge on any atom is 0.245 e. The molecular formula is C37H49FN4O3. The van der Waals surface area contributed by atoms with E-state index >= 15 is 0 Å². The predicted octanol–water partition coefficient (Wildman–Crippen LogP) is 5.19. The molecule has 6 rings (SSSR count). The van der Waals surface area contributed by atoms with Gasteiger partial charge in [-0.1, -0.05) is 55.7 Å². The quantitative estimate of drug-likeness (QED) is 0.399. The van der Waals surface area contributed by atoms with Gasteiger partial charge in [-0.2, -0.15) is 0 Å². The minimum Gasteiger partial charge on any atom is -0.351 e. The molecule has 3 aliphatic carbocycles. The number of rotatable bonds is 7. The molecule has 3 amide bonds. The Bertz CT molecular complexity index is 1410. The van der Waals surface area contributed by atoms with E-state index in [4.69, 9.17) is 5.73 Å². The van der Waals surface area contributed by atoms with Crippen LogP contribution in [0.5, 0.6) is 0 Å². The maximum atomic E-state index is 14.3. The lowest BCUT2D eigenvalue weighted by Crippen LogP contribution is -2.59. The molecule has 4 aliphatic rings. The number of hydrogen-bond acceptors (Lipinski definition) is 4. The standard InChI is InChI=1S/C37H49FN4O3/c1-36(2,3)41-35(45)37(24-9-5-4-6-10-24)17-19-42(20-18-37)34(44)30(21-23-13-15-25(38)16-14-23)40-33(43)31-28-22-29(32(31)39)27-12-8-7-11-26(27)28/h7-8,11-16,24,28-32H,4-6,9-10,17-22,39H2,1-3H3,(H,40,43)(H,41,45)/t28?,29?,30-,31?,32?/m1/s1. The van der Waals surface area contributed by atoms with E-state index in [9.17, 15) is 18.8 Å². The summed E-state index contributed by atoms with van der Waals surface area (Å²) in [6.45, 7) is 6.97. The summed E-state index contributed by atoms with van der Waals surface area (Å²) < 4.78 is 13.7. The van der Waals surface area contributed by atoms with E-state index < -0.39 is 17.4 Å². The number of nitrogens with two attached hydrogens (primary N) is 1. The third-order valence-electron chi connectivity index (χ3n) is 11.2. The molecule has 3 fully saturated rings. The Balaban J connectivity index is 1.21. The SMILES string of the molecule is CC(C)(C)NC(=O)C1(C2CCCCC2)CCN(C(=O)[C@@H](Cc2ccc(F)cc2)NC(=O)C2C3CC(c4ccccc43)C2N)CC1. The molecular weight excluding hydrogens is 567 g/mol. The molecule has 4 unspecified atom stereocenters. The van der Waals surface area contributed by atoms with Crippen molar-refractivity contribution < 1.29 is 18.8 Å². The average Bonchev–Trinajstić information content (AvgIpc) is 3.57. The van der Waals surface area contributed by atoms with E-state index in [2.05, 4.69) is 22.8 Å². The van der Waals surface area contributed by atoms with Gasteiger partial charge in [0.1, 0.15) is 11.9 Å². The van der Waals surface area contributed by atoms with Crippen molar-refractivity contribution >= 4 is 17.7 Å². The highest BCUT2D eigenvalue weighted by atomic mass is 19.1. The summed E-state index contributed by atoms with van der Waals surface area (Å²) in [5.74, 6) is -0.506. The number of likely N-dealkylation sites (tertiary alicyclic amines) is 1. The number of piperidine rings is 1. The van der Waals surface area contributed by atoms with Crippen LogP contribution >= 0.6 is 0 Å². The van der Waals surface area contributed by atoms with Crippen molar-refractivity contribution in [3.05, 3.63) is 71.0 Å². The maximum absolute atomic E-state index is 14.3. The first-order valence-corrected chi connectivity index (χ1v) is 17.0. The molecule has 1 heterocycles. The normalized spacial score (nSPS) is 26.6. The highest BCUT2D eigenvalue weighted by molar-refractivity contribution is 5.90. The number of halogens is 1. The molecule has 2 bridgehead atoms. The van der Waals surface area contributed by atoms with Crippen molar-refractivity contribution in [1.82, 2.24) is 15.5 Å². The molecule has 242 valence electrons. The van der Waals surface area contributed by atoms with Gasteiger partial charge in [0.25, 0.3) is 0 Å². The van der Waals surface area contributed by atoms with Crippen LogP contribution in [0.15, 0.2) is 48.5 Å². The molecule has 0 radical (unpaired) electrons. The molecule has 1 aliphatic heterocycles. The van der Waals surface area contributed by atoms with E-state index in [0.29, 0.717) is 31.8 Å². The topological polar surface area (TPSA) is 105 Å². The molecule has 2 saturated carbocycles. The minimum absolute atomic E-state index is 0.0372. The zero-order valence-corrected chi connectivity index (χ0v) is 27.0. The molecule has 45 heavy (non-hydrogen) atoms. The summed E-state index contributed by atoms with van der Waals surface area (Å²) in [6.07, 6.45) is 7.89. The number of carbonyl (C=O) groups is 3. The van der Waals surface area contributed by atoms with Crippen LogP contribution in [-0.4, -0.2) is 53.3 Å². The molecule has 2 aromatic rings. The van der Waals surface area contributed by atoms with Crippen LogP contribution in [0.25, 0.3) is 0 Å². The number of nitrogens with one attached hydrogen (secondary N) is 2. The molecule has 1 saturated heterocycles. The number of hydrogen-bond donors (Lipinski definition) is 3. The van der Waals surface area contributed by atoms with Crippen LogP contribution in [0, 0.1) is 23.1 Å². The molecule has 5 atom stereocenters. The Morgan fingerprint density at radius 2 is 1.58 bits per heavy atom. The van der Waals surface area contributed by atoms with Gasteiger partial charge in [-0.25, -0.2) is 4.39 Å². The fourth-order valence-electron chi connectivity index (χ4n) is 8.91. The number of carbonyl (C=O) groups excluding carboxylic acids is 3. The Morgan fingerprint density at radius 1 is 0.956 bits per heavy atom. The van der Waals surface area contributed by atoms with Crippen molar-refractivity contribution in [2.24, 2.45) is 23.0 Å². The van der Waals surface area contributed by atoms with E-state index in [0.717, 1.165) is 37.7 Å². The lowest BCUT2D eigenvalue weighted by molar-refractivity contribution is -0.147. The Hall–Kier alpha value is -3.26. The van der Waals surface area contributed by atoms with Gasteiger partial charge in [0, 0.05) is 37.0 Å². The second-order valence-corrected chi connectivity index (χ2v) is 15.1. The van der Waals surface area contributed by atoms with Crippen LogP contribution < -0.4 is 16.4 Å². The smallest absolute Gasteiger partial charge is 0.245 e. The Kier molecular flexibility index (Phi) is 8.81. The van der Waals surface area contributed by atoms with Gasteiger partial charge in [-0.05, 0) is 93.5 Å². The highest BCUT2D eigenvalue weighted by Crippen LogP contribution is 2.55. The molecule has 7 nitrogen and oxygen atoms in total. The van der Waals surface area contributed by atoms with E-state index in [1.54, 1.807) is 12.1 Å². The number of benzene rings is 2. The minimum atomic E-state index is -0.810. The zero-order chi connectivity index (χ0) is 31.9. The average molecular weight is 617 g/mol. The predicted molar refractivity (Wildman–Crippen MR) is 173 cm³/mol. The molecule has 8 heteroatoms. The van der Waals surface area contributed by atoms with Crippen molar-refractivity contribution in [3.8, 4) is 0 Å². The van der Waals surface area contributed by atoms with Crippen molar-refractivity contribution in [3.63, 3.8) is 0 Å². The Labute approximate surface area is 266 Å². The summed E-state index contributed by atoms with van der Waals surface area (Å²) in [4.78, 5) is 43.9. The number of fused-ring (bicyclic) bond motifs is 5. The van der Waals surface area contributed by atoms with Crippen molar-refractivity contribution in [1.29, 1.82) is 0 Å². The van der Waals surface area contributed by atoms with Crippen LogP contribution in [0.2, 0.25) is 0 Å². The molecule has 2 aromatic carbocycles. The highest BCUT2D eigenvalue weighted by Gasteiger charge is 2.53. The summed E-state index contributed by atoms with van der Waals surface area (Å²) in [7, 11) is 0. The largest absolute Gasteiger partial charge is 0.351 e. The van der Waals surface area contributed by atoms with Crippen LogP contribution in [0.1, 0.15) is 101 Å². The van der Waals surface area contributed by atoms with Crippen molar-refractivity contribution in [2.45, 2.75) is 108 Å². The third kappa shape index (κ3) is 6.27. The monoisotopic (exact) mass is 616 g/mol. The zero-order valence-electron chi connectivity index (χ0n) is 27.0. The van der Waals surface area contributed by atoms with Gasteiger partial charge in [0.15, 0.2) is 0 Å². The van der Waals surface area contributed by atoms with Gasteiger partial charge in [-0.15, -0.1) is 0 Å². The lowest BCUT2D eigenvalue weighted by Gasteiger charge is -2.48. The summed E-state index contributed by atoms with van der Waals surface area (Å²) in [5, 5.41) is 6.39. The molecule has 0 aromatic heterocycles. The van der Waals surface area contributed by atoms with E-state index in [1.807, 2.05) is 37.8 Å². The van der Waals surface area contributed by atoms with E-state index in [-0.39, 0.29) is 53.4 Å². The van der Waals surface area contributed by atoms with Crippen LogP contribution in [-0.2, 0) is 20.8 Å². The summed E-state index contributed by atoms with van der Waals surface area (Å²) >= 11 is 0. The second kappa shape index (κ2) is 12.5. The summed E-state index contributed by atoms with van der Waals surface area (Å²) in [6, 6.07) is 13.2. The van der Waals surface area contributed by atoms with Gasteiger partial charge >= 0.3 is 0 Å². The second-order valence-electron chi connectivity index (χ2n) is 15.1. The fraction of sp³-hybridized carbons (Fsp3) is 0.595.